The molecular weight excluding hydrogens is 498 g/mol. The van der Waals surface area contributed by atoms with Crippen molar-refractivity contribution < 1.29 is 28.2 Å². The van der Waals surface area contributed by atoms with Crippen molar-refractivity contribution in [3.63, 3.8) is 0 Å². The first-order chi connectivity index (χ1) is 17.6. The number of phenolic OH excluding ortho intramolecular Hbond substituents is 1. The van der Waals surface area contributed by atoms with Crippen LogP contribution in [-0.2, 0) is 26.2 Å². The number of carbonyl (C=O) groups is 2. The number of nitrogens with one attached hydrogen (secondary N) is 3. The first-order valence-electron chi connectivity index (χ1n) is 11.4. The Balaban J connectivity index is 2.04. The van der Waals surface area contributed by atoms with Crippen LogP contribution in [0.15, 0.2) is 71.6 Å². The van der Waals surface area contributed by atoms with Crippen LogP contribution in [0.2, 0.25) is 0 Å². The highest BCUT2D eigenvalue weighted by molar-refractivity contribution is 7.89. The van der Waals surface area contributed by atoms with Crippen molar-refractivity contribution in [2.75, 3.05) is 13.1 Å². The number of aromatic hydroxyl groups is 1. The van der Waals surface area contributed by atoms with Gasteiger partial charge in [-0.15, -0.1) is 0 Å². The number of carboxylic acids is 1. The second-order valence-corrected chi connectivity index (χ2v) is 10.2. The Hall–Kier alpha value is -4.16. The summed E-state index contributed by atoms with van der Waals surface area (Å²) >= 11 is 0. The third kappa shape index (κ3) is 7.41. The topological polar surface area (TPSA) is 186 Å². The second kappa shape index (κ2) is 12.2. The molecule has 1 atom stereocenters. The van der Waals surface area contributed by atoms with Crippen molar-refractivity contribution in [2.24, 2.45) is 5.73 Å². The number of sulfonamides is 1. The fourth-order valence-corrected chi connectivity index (χ4v) is 5.45. The van der Waals surface area contributed by atoms with E-state index in [0.29, 0.717) is 10.9 Å². The number of hydrogen-bond donors (Lipinski definition) is 6. The minimum Gasteiger partial charge on any atom is -0.508 e. The number of nitrogens with two attached hydrogens (primary N) is 1. The highest BCUT2D eigenvalue weighted by Gasteiger charge is 2.36. The van der Waals surface area contributed by atoms with Crippen molar-refractivity contribution >= 4 is 38.6 Å². The summed E-state index contributed by atoms with van der Waals surface area (Å²) in [6.45, 7) is -0.675. The zero-order valence-corrected chi connectivity index (χ0v) is 20.7. The maximum atomic E-state index is 14.0. The van der Waals surface area contributed by atoms with Crippen molar-refractivity contribution in [1.82, 2.24) is 14.9 Å². The Morgan fingerprint density at radius 2 is 1.68 bits per heavy atom. The van der Waals surface area contributed by atoms with Crippen LogP contribution in [0.25, 0.3) is 10.8 Å². The molecule has 0 bridgehead atoms. The van der Waals surface area contributed by atoms with Crippen molar-refractivity contribution in [1.29, 1.82) is 5.41 Å². The molecule has 0 aromatic heterocycles. The molecule has 0 fully saturated rings. The Kier molecular flexibility index (Phi) is 9.04. The predicted molar refractivity (Wildman–Crippen MR) is 138 cm³/mol. The summed E-state index contributed by atoms with van der Waals surface area (Å²) < 4.78 is 29.0. The van der Waals surface area contributed by atoms with Crippen LogP contribution in [-0.4, -0.2) is 59.9 Å². The van der Waals surface area contributed by atoms with Gasteiger partial charge in [0.25, 0.3) is 0 Å². The minimum atomic E-state index is -4.26. The molecule has 0 saturated heterocycles. The standard InChI is InChI=1S/C25H29N5O6S/c26-25(27)28-13-3-6-22(24(34)29-15-23(32)33)30(16-17-7-10-20(31)11-8-17)37(35,36)21-12-9-18-4-1-2-5-19(18)14-21/h1-2,4-5,7-12,14,22,31H,3,6,13,15-16H2,(H,29,34)(H,32,33)(H4,26,27,28)/t22-/m1/s1. The van der Waals surface area contributed by atoms with Crippen LogP contribution in [0, 0.1) is 5.41 Å². The number of guanidine groups is 1. The van der Waals surface area contributed by atoms with E-state index in [1.54, 1.807) is 30.3 Å². The second-order valence-electron chi connectivity index (χ2n) is 8.34. The van der Waals surface area contributed by atoms with Gasteiger partial charge < -0.3 is 26.6 Å². The van der Waals surface area contributed by atoms with E-state index in [2.05, 4.69) is 10.6 Å². The van der Waals surface area contributed by atoms with Gasteiger partial charge in [0.2, 0.25) is 15.9 Å². The average molecular weight is 528 g/mol. The number of nitrogens with zero attached hydrogens (tertiary/aromatic N) is 1. The molecule has 0 aliphatic heterocycles. The van der Waals surface area contributed by atoms with E-state index in [1.807, 2.05) is 12.1 Å². The number of rotatable bonds is 12. The summed E-state index contributed by atoms with van der Waals surface area (Å²) in [6.07, 6.45) is 0.292. The quantitative estimate of drug-likeness (QED) is 0.116. The molecule has 0 unspecified atom stereocenters. The first-order valence-corrected chi connectivity index (χ1v) is 12.9. The number of benzene rings is 3. The van der Waals surface area contributed by atoms with E-state index >= 15 is 0 Å². The third-order valence-electron chi connectivity index (χ3n) is 5.64. The molecular formula is C25H29N5O6S. The zero-order chi connectivity index (χ0) is 27.0. The molecule has 0 aliphatic carbocycles. The van der Waals surface area contributed by atoms with Crippen LogP contribution in [0.4, 0.5) is 0 Å². The normalized spacial score (nSPS) is 12.2. The number of amides is 1. The van der Waals surface area contributed by atoms with E-state index < -0.39 is 34.5 Å². The number of fused-ring (bicyclic) bond motifs is 1. The molecule has 196 valence electrons. The van der Waals surface area contributed by atoms with Gasteiger partial charge in [-0.05, 0) is 53.4 Å². The number of aliphatic carboxylic acids is 1. The van der Waals surface area contributed by atoms with Crippen LogP contribution in [0.3, 0.4) is 0 Å². The molecule has 1 amide bonds. The van der Waals surface area contributed by atoms with E-state index in [-0.39, 0.29) is 42.5 Å². The molecule has 37 heavy (non-hydrogen) atoms. The maximum absolute atomic E-state index is 14.0. The van der Waals surface area contributed by atoms with Gasteiger partial charge in [0.05, 0.1) is 4.90 Å². The Labute approximate surface area is 214 Å². The molecule has 0 spiro atoms. The smallest absolute Gasteiger partial charge is 0.322 e. The molecule has 0 radical (unpaired) electrons. The minimum absolute atomic E-state index is 0.00116. The highest BCUT2D eigenvalue weighted by atomic mass is 32.2. The fraction of sp³-hybridized carbons (Fsp3) is 0.240. The summed E-state index contributed by atoms with van der Waals surface area (Å²) in [7, 11) is -4.26. The largest absolute Gasteiger partial charge is 0.508 e. The Morgan fingerprint density at radius 3 is 2.32 bits per heavy atom. The molecule has 0 aliphatic rings. The number of carboxylic acid groups (broad SMARTS) is 1. The van der Waals surface area contributed by atoms with Crippen LogP contribution in [0.1, 0.15) is 18.4 Å². The van der Waals surface area contributed by atoms with Crippen molar-refractivity contribution in [3.8, 4) is 5.75 Å². The number of phenols is 1. The fourth-order valence-electron chi connectivity index (χ4n) is 3.81. The van der Waals surface area contributed by atoms with Crippen LogP contribution < -0.4 is 16.4 Å². The summed E-state index contributed by atoms with van der Waals surface area (Å²) in [6, 6.07) is 16.6. The average Bonchev–Trinajstić information content (AvgIpc) is 2.87. The molecule has 3 aromatic rings. The SMILES string of the molecule is N=C(N)NCCC[C@H](C(=O)NCC(=O)O)N(Cc1ccc(O)cc1)S(=O)(=O)c1ccc2ccccc2c1. The van der Waals surface area contributed by atoms with E-state index in [9.17, 15) is 23.1 Å². The molecule has 3 rings (SSSR count). The molecule has 12 heteroatoms. The highest BCUT2D eigenvalue weighted by Crippen LogP contribution is 2.27. The molecule has 11 nitrogen and oxygen atoms in total. The summed E-state index contributed by atoms with van der Waals surface area (Å²) in [5, 5.41) is 32.4. The molecule has 0 saturated carbocycles. The Bertz CT molecular complexity index is 1380. The van der Waals surface area contributed by atoms with Gasteiger partial charge in [-0.2, -0.15) is 4.31 Å². The van der Waals surface area contributed by atoms with Gasteiger partial charge >= 0.3 is 5.97 Å². The lowest BCUT2D eigenvalue weighted by Gasteiger charge is -2.30. The van der Waals surface area contributed by atoms with Crippen LogP contribution in [0.5, 0.6) is 5.75 Å². The predicted octanol–water partition coefficient (Wildman–Crippen LogP) is 1.57. The van der Waals surface area contributed by atoms with Gasteiger partial charge in [0.1, 0.15) is 18.3 Å². The van der Waals surface area contributed by atoms with Gasteiger partial charge in [0, 0.05) is 13.1 Å². The first kappa shape index (κ1) is 27.4. The lowest BCUT2D eigenvalue weighted by atomic mass is 10.1. The van der Waals surface area contributed by atoms with E-state index in [0.717, 1.165) is 9.69 Å². The van der Waals surface area contributed by atoms with Gasteiger partial charge in [0.15, 0.2) is 5.96 Å². The zero-order valence-electron chi connectivity index (χ0n) is 19.9. The Morgan fingerprint density at radius 1 is 1.00 bits per heavy atom. The van der Waals surface area contributed by atoms with Crippen molar-refractivity contribution in [3.05, 3.63) is 72.3 Å². The monoisotopic (exact) mass is 527 g/mol. The maximum Gasteiger partial charge on any atom is 0.322 e. The molecule has 3 aromatic carbocycles. The summed E-state index contributed by atoms with van der Waals surface area (Å²) in [5.74, 6) is -2.31. The van der Waals surface area contributed by atoms with Gasteiger partial charge in [-0.1, -0.05) is 42.5 Å². The van der Waals surface area contributed by atoms with Crippen LogP contribution >= 0.6 is 0 Å². The van der Waals surface area contributed by atoms with E-state index in [1.165, 1.54) is 24.3 Å². The molecule has 0 heterocycles. The summed E-state index contributed by atoms with van der Waals surface area (Å²) in [5.41, 5.74) is 5.83. The number of hydrogen-bond acceptors (Lipinski definition) is 6. The van der Waals surface area contributed by atoms with Crippen molar-refractivity contribution in [2.45, 2.75) is 30.3 Å². The number of carbonyl (C=O) groups excluding carboxylic acids is 1. The van der Waals surface area contributed by atoms with E-state index in [4.69, 9.17) is 16.2 Å². The molecule has 7 N–H and O–H groups in total. The lowest BCUT2D eigenvalue weighted by molar-refractivity contribution is -0.138. The van der Waals surface area contributed by atoms with Gasteiger partial charge in [-0.3, -0.25) is 15.0 Å². The third-order valence-corrected chi connectivity index (χ3v) is 7.49. The van der Waals surface area contributed by atoms with Gasteiger partial charge in [-0.25, -0.2) is 8.42 Å². The summed E-state index contributed by atoms with van der Waals surface area (Å²) in [4.78, 5) is 24.2. The lowest BCUT2D eigenvalue weighted by Crippen LogP contribution is -2.50.